The molecule has 0 unspecified atom stereocenters. The van der Waals surface area contributed by atoms with E-state index < -0.39 is 5.97 Å². The van der Waals surface area contributed by atoms with E-state index in [-0.39, 0.29) is 11.5 Å². The molecule has 4 nitrogen and oxygen atoms in total. The zero-order valence-electron chi connectivity index (χ0n) is 16.0. The summed E-state index contributed by atoms with van der Waals surface area (Å²) in [6.07, 6.45) is 9.86. The van der Waals surface area contributed by atoms with E-state index in [1.807, 2.05) is 30.4 Å². The lowest BCUT2D eigenvalue weighted by atomic mass is 10.1. The zero-order valence-corrected chi connectivity index (χ0v) is 16.0. The summed E-state index contributed by atoms with van der Waals surface area (Å²) in [7, 11) is 0. The number of hydrogen-bond donors (Lipinski definition) is 2. The molecule has 0 fully saturated rings. The Hall–Kier alpha value is -3.66. The highest BCUT2D eigenvalue weighted by Gasteiger charge is 2.11. The standard InChI is InChI=1S/C25H23NO3/c27-24(26-23-14-9-8-13-22(23)25(28)29)15-5-3-1-2-4-10-19-16-17-20-11-6-7-12-21(20)18-19/h1-2,4,6-14,16-18H,3,5,15H2,(H,26,27)(H,28,29). The number of allylic oxidation sites excluding steroid dienone is 3. The molecule has 3 aromatic rings. The fourth-order valence-corrected chi connectivity index (χ4v) is 3.02. The van der Waals surface area contributed by atoms with Crippen molar-refractivity contribution in [3.63, 3.8) is 0 Å². The Labute approximate surface area is 170 Å². The third-order valence-electron chi connectivity index (χ3n) is 4.52. The van der Waals surface area contributed by atoms with Gasteiger partial charge in [-0.25, -0.2) is 4.79 Å². The Morgan fingerprint density at radius 2 is 1.66 bits per heavy atom. The number of carbonyl (C=O) groups excluding carboxylic acids is 1. The highest BCUT2D eigenvalue weighted by atomic mass is 16.4. The van der Waals surface area contributed by atoms with Crippen LogP contribution in [0, 0.1) is 0 Å². The van der Waals surface area contributed by atoms with Gasteiger partial charge in [-0.2, -0.15) is 0 Å². The molecular formula is C25H23NO3. The Morgan fingerprint density at radius 1 is 0.897 bits per heavy atom. The fraction of sp³-hybridized carbons (Fsp3) is 0.120. The average molecular weight is 385 g/mol. The highest BCUT2D eigenvalue weighted by Crippen LogP contribution is 2.17. The Morgan fingerprint density at radius 3 is 2.48 bits per heavy atom. The molecule has 4 heteroatoms. The quantitative estimate of drug-likeness (QED) is 0.374. The van der Waals surface area contributed by atoms with Crippen LogP contribution in [0.15, 0.2) is 85.0 Å². The van der Waals surface area contributed by atoms with Gasteiger partial charge < -0.3 is 10.4 Å². The number of hydrogen-bond acceptors (Lipinski definition) is 2. The molecule has 0 aromatic heterocycles. The second-order valence-corrected chi connectivity index (χ2v) is 6.68. The van der Waals surface area contributed by atoms with E-state index in [4.69, 9.17) is 5.11 Å². The largest absolute Gasteiger partial charge is 0.478 e. The van der Waals surface area contributed by atoms with E-state index in [0.29, 0.717) is 18.5 Å². The lowest BCUT2D eigenvalue weighted by Crippen LogP contribution is -2.14. The maximum Gasteiger partial charge on any atom is 0.337 e. The van der Waals surface area contributed by atoms with Crippen LogP contribution in [0.5, 0.6) is 0 Å². The topological polar surface area (TPSA) is 66.4 Å². The van der Waals surface area contributed by atoms with Crippen LogP contribution >= 0.6 is 0 Å². The molecule has 0 saturated heterocycles. The third-order valence-corrected chi connectivity index (χ3v) is 4.52. The van der Waals surface area contributed by atoms with Crippen LogP contribution in [0.25, 0.3) is 16.8 Å². The van der Waals surface area contributed by atoms with E-state index in [0.717, 1.165) is 12.0 Å². The molecule has 2 N–H and O–H groups in total. The van der Waals surface area contributed by atoms with Crippen molar-refractivity contribution in [2.24, 2.45) is 0 Å². The molecule has 0 aliphatic heterocycles. The minimum absolute atomic E-state index is 0.0968. The summed E-state index contributed by atoms with van der Waals surface area (Å²) in [6.45, 7) is 0. The zero-order chi connectivity index (χ0) is 20.5. The van der Waals surface area contributed by atoms with Crippen molar-refractivity contribution in [2.75, 3.05) is 5.32 Å². The van der Waals surface area contributed by atoms with Crippen LogP contribution in [0.1, 0.15) is 35.2 Å². The first-order valence-electron chi connectivity index (χ1n) is 9.58. The van der Waals surface area contributed by atoms with Gasteiger partial charge in [0, 0.05) is 6.42 Å². The predicted octanol–water partition coefficient (Wildman–Crippen LogP) is 5.92. The summed E-state index contributed by atoms with van der Waals surface area (Å²) in [5.41, 5.74) is 1.57. The van der Waals surface area contributed by atoms with Crippen molar-refractivity contribution in [1.29, 1.82) is 0 Å². The van der Waals surface area contributed by atoms with Crippen LogP contribution in [-0.4, -0.2) is 17.0 Å². The molecule has 3 aromatic carbocycles. The molecule has 0 radical (unpaired) electrons. The summed E-state index contributed by atoms with van der Waals surface area (Å²) in [4.78, 5) is 23.2. The average Bonchev–Trinajstić information content (AvgIpc) is 2.73. The second kappa shape index (κ2) is 10.0. The first kappa shape index (κ1) is 20.1. The summed E-state index contributed by atoms with van der Waals surface area (Å²) in [6, 6.07) is 21.0. The Balaban J connectivity index is 1.43. The number of anilines is 1. The smallest absolute Gasteiger partial charge is 0.337 e. The van der Waals surface area contributed by atoms with Crippen molar-refractivity contribution in [1.82, 2.24) is 0 Å². The molecule has 0 bridgehead atoms. The van der Waals surface area contributed by atoms with Crippen molar-refractivity contribution >= 4 is 34.4 Å². The van der Waals surface area contributed by atoms with Crippen LogP contribution in [0.2, 0.25) is 0 Å². The number of benzene rings is 3. The lowest BCUT2D eigenvalue weighted by molar-refractivity contribution is -0.116. The van der Waals surface area contributed by atoms with Crippen molar-refractivity contribution in [2.45, 2.75) is 19.3 Å². The maximum atomic E-state index is 12.0. The van der Waals surface area contributed by atoms with Gasteiger partial charge in [0.2, 0.25) is 5.91 Å². The van der Waals surface area contributed by atoms with Gasteiger partial charge in [-0.1, -0.05) is 72.8 Å². The molecular weight excluding hydrogens is 362 g/mol. The van der Waals surface area contributed by atoms with E-state index >= 15 is 0 Å². The predicted molar refractivity (Wildman–Crippen MR) is 118 cm³/mol. The van der Waals surface area contributed by atoms with Crippen LogP contribution < -0.4 is 5.32 Å². The van der Waals surface area contributed by atoms with Crippen LogP contribution in [-0.2, 0) is 4.79 Å². The highest BCUT2D eigenvalue weighted by molar-refractivity contribution is 6.00. The van der Waals surface area contributed by atoms with Crippen LogP contribution in [0.4, 0.5) is 5.69 Å². The molecule has 0 saturated carbocycles. The number of para-hydroxylation sites is 1. The number of fused-ring (bicyclic) bond motifs is 1. The number of rotatable bonds is 8. The molecule has 29 heavy (non-hydrogen) atoms. The summed E-state index contributed by atoms with van der Waals surface area (Å²) < 4.78 is 0. The van der Waals surface area contributed by atoms with Gasteiger partial charge in [-0.05, 0) is 47.4 Å². The molecule has 0 aliphatic rings. The molecule has 3 rings (SSSR count). The van der Waals surface area contributed by atoms with Gasteiger partial charge in [0.05, 0.1) is 11.3 Å². The lowest BCUT2D eigenvalue weighted by Gasteiger charge is -2.07. The number of nitrogens with one attached hydrogen (secondary N) is 1. The van der Waals surface area contributed by atoms with Crippen molar-refractivity contribution < 1.29 is 14.7 Å². The van der Waals surface area contributed by atoms with Gasteiger partial charge >= 0.3 is 5.97 Å². The van der Waals surface area contributed by atoms with Gasteiger partial charge in [-0.3, -0.25) is 4.79 Å². The van der Waals surface area contributed by atoms with Gasteiger partial charge in [-0.15, -0.1) is 0 Å². The van der Waals surface area contributed by atoms with Crippen LogP contribution in [0.3, 0.4) is 0 Å². The first-order valence-corrected chi connectivity index (χ1v) is 9.58. The van der Waals surface area contributed by atoms with Crippen molar-refractivity contribution in [3.8, 4) is 0 Å². The van der Waals surface area contributed by atoms with E-state index in [1.165, 1.54) is 16.8 Å². The minimum Gasteiger partial charge on any atom is -0.478 e. The molecule has 1 amide bonds. The Kier molecular flexibility index (Phi) is 6.95. The fourth-order valence-electron chi connectivity index (χ4n) is 3.02. The van der Waals surface area contributed by atoms with E-state index in [9.17, 15) is 9.59 Å². The number of carboxylic acids is 1. The number of aromatic carboxylic acids is 1. The molecule has 146 valence electrons. The second-order valence-electron chi connectivity index (χ2n) is 6.68. The number of carbonyl (C=O) groups is 2. The third kappa shape index (κ3) is 5.91. The van der Waals surface area contributed by atoms with E-state index in [2.05, 4.69) is 41.7 Å². The molecule has 0 aliphatic carbocycles. The molecule has 0 spiro atoms. The molecule has 0 heterocycles. The first-order chi connectivity index (χ1) is 14.1. The Bertz CT molecular complexity index is 1070. The molecule has 0 atom stereocenters. The number of unbranched alkanes of at least 4 members (excludes halogenated alkanes) is 1. The summed E-state index contributed by atoms with van der Waals surface area (Å²) in [5.74, 6) is -1.24. The minimum atomic E-state index is -1.05. The van der Waals surface area contributed by atoms with E-state index in [1.54, 1.807) is 18.2 Å². The SMILES string of the molecule is O=C(CCCC=CC=Cc1ccc2ccccc2c1)Nc1ccccc1C(=O)O. The summed E-state index contributed by atoms with van der Waals surface area (Å²) in [5, 5.41) is 14.3. The normalized spacial score (nSPS) is 11.3. The number of carboxylic acid groups (broad SMARTS) is 1. The summed E-state index contributed by atoms with van der Waals surface area (Å²) >= 11 is 0. The monoisotopic (exact) mass is 385 g/mol. The van der Waals surface area contributed by atoms with Crippen molar-refractivity contribution in [3.05, 3.63) is 96.1 Å². The maximum absolute atomic E-state index is 12.0. The van der Waals surface area contributed by atoms with Gasteiger partial charge in [0.1, 0.15) is 0 Å². The van der Waals surface area contributed by atoms with Gasteiger partial charge in [0.15, 0.2) is 0 Å². The van der Waals surface area contributed by atoms with Gasteiger partial charge in [0.25, 0.3) is 0 Å². The number of amides is 1.